The molecule has 0 aliphatic heterocycles. The second-order valence-corrected chi connectivity index (χ2v) is 6.89. The van der Waals surface area contributed by atoms with Gasteiger partial charge < -0.3 is 0 Å². The number of thiophene rings is 1. The first-order chi connectivity index (χ1) is 7.59. The molecule has 1 aromatic heterocycles. The van der Waals surface area contributed by atoms with Crippen LogP contribution in [0.3, 0.4) is 0 Å². The third kappa shape index (κ3) is 2.39. The van der Waals surface area contributed by atoms with Crippen LogP contribution in [0.25, 0.3) is 0 Å². The van der Waals surface area contributed by atoms with Crippen LogP contribution in [0.1, 0.15) is 20.8 Å². The van der Waals surface area contributed by atoms with Crippen molar-refractivity contribution in [2.45, 2.75) is 11.8 Å². The fourth-order valence-electron chi connectivity index (χ4n) is 1.48. The zero-order chi connectivity index (χ0) is 11.7. The molecular formula is C12H9Br2FS. The van der Waals surface area contributed by atoms with Crippen molar-refractivity contribution in [3.05, 3.63) is 55.9 Å². The zero-order valence-electron chi connectivity index (χ0n) is 8.51. The summed E-state index contributed by atoms with van der Waals surface area (Å²) in [5, 5.41) is 0. The number of hydrogen-bond acceptors (Lipinski definition) is 1. The summed E-state index contributed by atoms with van der Waals surface area (Å²) in [5.74, 6) is -0.131. The third-order valence-electron chi connectivity index (χ3n) is 2.34. The van der Waals surface area contributed by atoms with Crippen LogP contribution in [0.15, 0.2) is 34.1 Å². The number of halogens is 3. The molecule has 1 unspecified atom stereocenters. The van der Waals surface area contributed by atoms with E-state index in [9.17, 15) is 4.39 Å². The minimum Gasteiger partial charge on any atom is -0.206 e. The first-order valence-electron chi connectivity index (χ1n) is 4.74. The van der Waals surface area contributed by atoms with Gasteiger partial charge in [-0.15, -0.1) is 11.3 Å². The van der Waals surface area contributed by atoms with Crippen molar-refractivity contribution in [3.63, 3.8) is 0 Å². The fraction of sp³-hybridized carbons (Fsp3) is 0.167. The lowest BCUT2D eigenvalue weighted by atomic mass is 10.1. The molecule has 0 amide bonds. The first kappa shape index (κ1) is 12.3. The lowest BCUT2D eigenvalue weighted by Crippen LogP contribution is -1.96. The highest BCUT2D eigenvalue weighted by Gasteiger charge is 2.17. The van der Waals surface area contributed by atoms with Gasteiger partial charge in [0.25, 0.3) is 0 Å². The van der Waals surface area contributed by atoms with Crippen molar-refractivity contribution in [1.29, 1.82) is 0 Å². The Balaban J connectivity index is 2.41. The summed E-state index contributed by atoms with van der Waals surface area (Å²) in [5.41, 5.74) is 1.37. The van der Waals surface area contributed by atoms with E-state index in [2.05, 4.69) is 31.9 Å². The van der Waals surface area contributed by atoms with Gasteiger partial charge in [0.1, 0.15) is 5.82 Å². The molecule has 0 fully saturated rings. The van der Waals surface area contributed by atoms with Crippen LogP contribution in [0, 0.1) is 12.7 Å². The van der Waals surface area contributed by atoms with Gasteiger partial charge in [-0.1, -0.05) is 34.1 Å². The predicted molar refractivity (Wildman–Crippen MR) is 73.9 cm³/mol. The zero-order valence-corrected chi connectivity index (χ0v) is 12.5. The van der Waals surface area contributed by atoms with Crippen molar-refractivity contribution in [3.8, 4) is 0 Å². The molecule has 0 radical (unpaired) electrons. The number of rotatable bonds is 2. The van der Waals surface area contributed by atoms with E-state index in [0.717, 1.165) is 8.66 Å². The van der Waals surface area contributed by atoms with Crippen molar-refractivity contribution >= 4 is 43.2 Å². The second-order valence-electron chi connectivity index (χ2n) is 3.48. The van der Waals surface area contributed by atoms with Gasteiger partial charge in [0, 0.05) is 10.4 Å². The van der Waals surface area contributed by atoms with E-state index in [1.807, 2.05) is 24.3 Å². The highest BCUT2D eigenvalue weighted by atomic mass is 79.9. The van der Waals surface area contributed by atoms with E-state index in [-0.39, 0.29) is 10.6 Å². The summed E-state index contributed by atoms with van der Waals surface area (Å²) in [6, 6.07) is 9.45. The highest BCUT2D eigenvalue weighted by molar-refractivity contribution is 9.11. The molecule has 0 nitrogen and oxygen atoms in total. The summed E-state index contributed by atoms with van der Waals surface area (Å²) in [7, 11) is 0. The molecule has 1 heterocycles. The van der Waals surface area contributed by atoms with E-state index in [4.69, 9.17) is 0 Å². The van der Waals surface area contributed by atoms with Crippen molar-refractivity contribution in [1.82, 2.24) is 0 Å². The molecule has 2 rings (SSSR count). The SMILES string of the molecule is Cc1cccc(C(Br)c2ccc(Br)s2)c1F. The van der Waals surface area contributed by atoms with Gasteiger partial charge in [-0.05, 0) is 40.5 Å². The van der Waals surface area contributed by atoms with Crippen molar-refractivity contribution in [2.75, 3.05) is 0 Å². The maximum Gasteiger partial charge on any atom is 0.130 e. The maximum absolute atomic E-state index is 13.9. The Morgan fingerprint density at radius 2 is 2.00 bits per heavy atom. The Kier molecular flexibility index (Phi) is 3.82. The van der Waals surface area contributed by atoms with Crippen LogP contribution in [-0.4, -0.2) is 0 Å². The van der Waals surface area contributed by atoms with Crippen LogP contribution >= 0.6 is 43.2 Å². The molecule has 2 aromatic rings. The average molecular weight is 364 g/mol. The Bertz CT molecular complexity index is 507. The van der Waals surface area contributed by atoms with Gasteiger partial charge in [-0.2, -0.15) is 0 Å². The van der Waals surface area contributed by atoms with Gasteiger partial charge in [0.05, 0.1) is 8.61 Å². The topological polar surface area (TPSA) is 0 Å². The van der Waals surface area contributed by atoms with Crippen LogP contribution < -0.4 is 0 Å². The number of hydrogen-bond donors (Lipinski definition) is 0. The second kappa shape index (κ2) is 4.98. The van der Waals surface area contributed by atoms with Crippen LogP contribution in [0.4, 0.5) is 4.39 Å². The average Bonchev–Trinajstić information content (AvgIpc) is 2.68. The normalized spacial score (nSPS) is 12.8. The number of aryl methyl sites for hydroxylation is 1. The number of benzene rings is 1. The largest absolute Gasteiger partial charge is 0.206 e. The fourth-order valence-corrected chi connectivity index (χ4v) is 3.69. The van der Waals surface area contributed by atoms with Crippen LogP contribution in [-0.2, 0) is 0 Å². The van der Waals surface area contributed by atoms with E-state index in [1.165, 1.54) is 0 Å². The molecule has 0 bridgehead atoms. The molecule has 0 saturated heterocycles. The van der Waals surface area contributed by atoms with Crippen LogP contribution in [0.5, 0.6) is 0 Å². The Morgan fingerprint density at radius 3 is 2.62 bits per heavy atom. The molecule has 0 aliphatic carbocycles. The highest BCUT2D eigenvalue weighted by Crippen LogP contribution is 2.38. The molecule has 16 heavy (non-hydrogen) atoms. The monoisotopic (exact) mass is 362 g/mol. The summed E-state index contributed by atoms with van der Waals surface area (Å²) in [6.07, 6.45) is 0. The Morgan fingerprint density at radius 1 is 1.25 bits per heavy atom. The molecule has 0 N–H and O–H groups in total. The quantitative estimate of drug-likeness (QED) is 0.623. The van der Waals surface area contributed by atoms with Gasteiger partial charge in [0.15, 0.2) is 0 Å². The molecule has 4 heteroatoms. The molecule has 1 atom stereocenters. The van der Waals surface area contributed by atoms with Gasteiger partial charge in [-0.25, -0.2) is 4.39 Å². The smallest absolute Gasteiger partial charge is 0.130 e. The van der Waals surface area contributed by atoms with Gasteiger partial charge >= 0.3 is 0 Å². The lowest BCUT2D eigenvalue weighted by molar-refractivity contribution is 0.605. The molecule has 0 saturated carbocycles. The first-order valence-corrected chi connectivity index (χ1v) is 7.26. The molecule has 0 spiro atoms. The predicted octanol–water partition coefficient (Wildman–Crippen LogP) is 5.44. The lowest BCUT2D eigenvalue weighted by Gasteiger charge is -2.10. The van der Waals surface area contributed by atoms with Gasteiger partial charge in [0.2, 0.25) is 0 Å². The van der Waals surface area contributed by atoms with Crippen molar-refractivity contribution in [2.24, 2.45) is 0 Å². The molecule has 0 aliphatic rings. The summed E-state index contributed by atoms with van der Waals surface area (Å²) < 4.78 is 15.0. The molecule has 1 aromatic carbocycles. The number of alkyl halides is 1. The van der Waals surface area contributed by atoms with Crippen molar-refractivity contribution < 1.29 is 4.39 Å². The van der Waals surface area contributed by atoms with E-state index in [0.29, 0.717) is 11.1 Å². The van der Waals surface area contributed by atoms with Crippen LogP contribution in [0.2, 0.25) is 0 Å². The summed E-state index contributed by atoms with van der Waals surface area (Å²) in [4.78, 5) is 1.01. The minimum atomic E-state index is -0.131. The van der Waals surface area contributed by atoms with E-state index in [1.54, 1.807) is 24.3 Å². The van der Waals surface area contributed by atoms with E-state index < -0.39 is 0 Å². The summed E-state index contributed by atoms with van der Waals surface area (Å²) >= 11 is 8.56. The van der Waals surface area contributed by atoms with Gasteiger partial charge in [-0.3, -0.25) is 0 Å². The Labute approximate surface area is 115 Å². The maximum atomic E-state index is 13.9. The molecular weight excluding hydrogens is 355 g/mol. The standard InChI is InChI=1S/C12H9Br2FS/c1-7-3-2-4-8(12(7)15)11(14)9-5-6-10(13)16-9/h2-6,11H,1H3. The van der Waals surface area contributed by atoms with E-state index >= 15 is 0 Å². The molecule has 84 valence electrons. The minimum absolute atomic E-state index is 0.0799. The Hall–Kier alpha value is -0.190. The third-order valence-corrected chi connectivity index (χ3v) is 5.32. The summed E-state index contributed by atoms with van der Waals surface area (Å²) in [6.45, 7) is 1.78.